The summed E-state index contributed by atoms with van der Waals surface area (Å²) >= 11 is 0. The highest BCUT2D eigenvalue weighted by atomic mass is 32.2. The van der Waals surface area contributed by atoms with E-state index in [1.165, 1.54) is 16.6 Å². The number of sulfonamides is 1. The van der Waals surface area contributed by atoms with Gasteiger partial charge in [0.05, 0.1) is 5.69 Å². The maximum Gasteiger partial charge on any atom is 0.281 e. The Kier molecular flexibility index (Phi) is 3.25. The molecular formula is C15H14N2O3S. The quantitative estimate of drug-likeness (QED) is 0.852. The number of ketones is 1. The molecule has 108 valence electrons. The van der Waals surface area contributed by atoms with E-state index in [9.17, 15) is 13.2 Å². The van der Waals surface area contributed by atoms with Gasteiger partial charge in [-0.1, -0.05) is 25.1 Å². The van der Waals surface area contributed by atoms with Crippen molar-refractivity contribution < 1.29 is 13.2 Å². The first-order valence-corrected chi connectivity index (χ1v) is 8.03. The summed E-state index contributed by atoms with van der Waals surface area (Å²) in [6.45, 7) is 1.87. The molecule has 1 atom stereocenters. The largest absolute Gasteiger partial charge is 0.294 e. The molecule has 0 spiro atoms. The van der Waals surface area contributed by atoms with Crippen molar-refractivity contribution in [3.05, 3.63) is 54.2 Å². The Hall–Kier alpha value is -2.21. The Morgan fingerprint density at radius 3 is 2.57 bits per heavy atom. The van der Waals surface area contributed by atoms with Gasteiger partial charge in [0.15, 0.2) is 10.8 Å². The van der Waals surface area contributed by atoms with Gasteiger partial charge in [-0.05, 0) is 24.3 Å². The van der Waals surface area contributed by atoms with Gasteiger partial charge in [0.25, 0.3) is 10.0 Å². The molecule has 6 heteroatoms. The highest BCUT2D eigenvalue weighted by Gasteiger charge is 2.36. The zero-order valence-electron chi connectivity index (χ0n) is 11.4. The second-order valence-electron chi connectivity index (χ2n) is 4.99. The summed E-state index contributed by atoms with van der Waals surface area (Å²) in [6.07, 6.45) is 1.44. The number of aromatic nitrogens is 1. The lowest BCUT2D eigenvalue weighted by Crippen LogP contribution is -2.42. The average Bonchev–Trinajstić information content (AvgIpc) is 2.51. The molecule has 0 N–H and O–H groups in total. The Morgan fingerprint density at radius 2 is 1.86 bits per heavy atom. The molecule has 0 saturated carbocycles. The van der Waals surface area contributed by atoms with Gasteiger partial charge < -0.3 is 0 Å². The first-order chi connectivity index (χ1) is 10.0. The van der Waals surface area contributed by atoms with Crippen LogP contribution in [0.3, 0.4) is 0 Å². The van der Waals surface area contributed by atoms with Crippen LogP contribution in [0.25, 0.3) is 0 Å². The summed E-state index contributed by atoms with van der Waals surface area (Å²) in [7, 11) is -3.76. The molecule has 0 amide bonds. The normalized spacial score (nSPS) is 18.4. The molecule has 0 saturated heterocycles. The van der Waals surface area contributed by atoms with Crippen molar-refractivity contribution in [2.45, 2.75) is 11.9 Å². The standard InChI is InChI=1S/C15H14N2O3S/c1-11-10-17(13-7-3-2-6-12(13)15(11)18)21(19,20)14-8-4-5-9-16-14/h2-9,11H,10H2,1H3. The van der Waals surface area contributed by atoms with Gasteiger partial charge in [0.2, 0.25) is 0 Å². The number of Topliss-reactive ketones (excluding diaryl/α,β-unsaturated/α-hetero) is 1. The third kappa shape index (κ3) is 2.21. The fourth-order valence-electron chi connectivity index (χ4n) is 2.44. The molecule has 0 fully saturated rings. The van der Waals surface area contributed by atoms with Crippen LogP contribution in [0.1, 0.15) is 17.3 Å². The lowest BCUT2D eigenvalue weighted by molar-refractivity contribution is 0.0929. The van der Waals surface area contributed by atoms with E-state index in [1.807, 2.05) is 0 Å². The van der Waals surface area contributed by atoms with Crippen LogP contribution in [-0.4, -0.2) is 25.7 Å². The summed E-state index contributed by atoms with van der Waals surface area (Å²) in [5.41, 5.74) is 0.863. The van der Waals surface area contributed by atoms with E-state index in [1.54, 1.807) is 43.3 Å². The van der Waals surface area contributed by atoms with Crippen LogP contribution in [0, 0.1) is 5.92 Å². The zero-order valence-corrected chi connectivity index (χ0v) is 12.2. The number of hydrogen-bond donors (Lipinski definition) is 0. The third-order valence-corrected chi connectivity index (χ3v) is 5.21. The zero-order chi connectivity index (χ0) is 15.0. The van der Waals surface area contributed by atoms with Crippen LogP contribution >= 0.6 is 0 Å². The van der Waals surface area contributed by atoms with E-state index >= 15 is 0 Å². The third-order valence-electron chi connectivity index (χ3n) is 3.52. The van der Waals surface area contributed by atoms with Crippen LogP contribution in [0.2, 0.25) is 0 Å². The van der Waals surface area contributed by atoms with Crippen LogP contribution in [-0.2, 0) is 10.0 Å². The minimum Gasteiger partial charge on any atom is -0.294 e. The Balaban J connectivity index is 2.16. The van der Waals surface area contributed by atoms with E-state index in [0.717, 1.165) is 0 Å². The van der Waals surface area contributed by atoms with Gasteiger partial charge in [-0.25, -0.2) is 4.98 Å². The topological polar surface area (TPSA) is 67.3 Å². The summed E-state index contributed by atoms with van der Waals surface area (Å²) in [5, 5.41) is -0.0126. The van der Waals surface area contributed by atoms with Crippen molar-refractivity contribution >= 4 is 21.5 Å². The molecule has 21 heavy (non-hydrogen) atoms. The van der Waals surface area contributed by atoms with Gasteiger partial charge in [-0.3, -0.25) is 9.10 Å². The predicted molar refractivity (Wildman–Crippen MR) is 78.7 cm³/mol. The molecular weight excluding hydrogens is 288 g/mol. The van der Waals surface area contributed by atoms with Crippen LogP contribution in [0.5, 0.6) is 0 Å². The first-order valence-electron chi connectivity index (χ1n) is 6.59. The number of fused-ring (bicyclic) bond motifs is 1. The number of hydrogen-bond acceptors (Lipinski definition) is 4. The van der Waals surface area contributed by atoms with Crippen LogP contribution in [0.4, 0.5) is 5.69 Å². The molecule has 5 nitrogen and oxygen atoms in total. The second-order valence-corrected chi connectivity index (χ2v) is 6.80. The maximum atomic E-state index is 12.8. The molecule has 2 aromatic rings. The van der Waals surface area contributed by atoms with Crippen molar-refractivity contribution in [3.63, 3.8) is 0 Å². The number of carbonyl (C=O) groups is 1. The minimum absolute atomic E-state index is 0.0126. The first kappa shape index (κ1) is 13.8. The number of para-hydroxylation sites is 1. The summed E-state index contributed by atoms with van der Waals surface area (Å²) in [6, 6.07) is 11.5. The highest BCUT2D eigenvalue weighted by Crippen LogP contribution is 2.33. The van der Waals surface area contributed by atoms with Gasteiger partial charge in [-0.15, -0.1) is 0 Å². The van der Waals surface area contributed by atoms with Crippen molar-refractivity contribution in [2.24, 2.45) is 5.92 Å². The maximum absolute atomic E-state index is 12.8. The number of pyridine rings is 1. The Bertz CT molecular complexity index is 788. The number of benzene rings is 1. The summed E-state index contributed by atoms with van der Waals surface area (Å²) in [5.74, 6) is -0.406. The minimum atomic E-state index is -3.76. The van der Waals surface area contributed by atoms with Crippen molar-refractivity contribution in [2.75, 3.05) is 10.8 Å². The lowest BCUT2D eigenvalue weighted by atomic mass is 9.94. The molecule has 1 aliphatic rings. The SMILES string of the molecule is CC1CN(S(=O)(=O)c2ccccn2)c2ccccc2C1=O. The van der Waals surface area contributed by atoms with E-state index in [4.69, 9.17) is 0 Å². The number of rotatable bonds is 2. The van der Waals surface area contributed by atoms with Crippen molar-refractivity contribution in [1.82, 2.24) is 4.98 Å². The molecule has 0 bridgehead atoms. The van der Waals surface area contributed by atoms with Crippen LogP contribution < -0.4 is 4.31 Å². The van der Waals surface area contributed by atoms with Gasteiger partial charge >= 0.3 is 0 Å². The monoisotopic (exact) mass is 302 g/mol. The smallest absolute Gasteiger partial charge is 0.281 e. The van der Waals surface area contributed by atoms with E-state index in [-0.39, 0.29) is 23.3 Å². The Labute approximate surface area is 123 Å². The van der Waals surface area contributed by atoms with Crippen molar-refractivity contribution in [1.29, 1.82) is 0 Å². The van der Waals surface area contributed by atoms with Crippen molar-refractivity contribution in [3.8, 4) is 0 Å². The summed E-state index contributed by atoms with van der Waals surface area (Å²) in [4.78, 5) is 16.1. The molecule has 3 rings (SSSR count). The van der Waals surface area contributed by atoms with E-state index in [2.05, 4.69) is 4.98 Å². The van der Waals surface area contributed by atoms with E-state index in [0.29, 0.717) is 11.3 Å². The fourth-order valence-corrected chi connectivity index (χ4v) is 3.94. The molecule has 0 radical (unpaired) electrons. The predicted octanol–water partition coefficient (Wildman–Crippen LogP) is 2.11. The molecule has 1 aliphatic heterocycles. The van der Waals surface area contributed by atoms with Crippen LogP contribution in [0.15, 0.2) is 53.7 Å². The van der Waals surface area contributed by atoms with E-state index < -0.39 is 10.0 Å². The lowest BCUT2D eigenvalue weighted by Gasteiger charge is -2.32. The fraction of sp³-hybridized carbons (Fsp3) is 0.200. The number of carbonyl (C=O) groups excluding carboxylic acids is 1. The second kappa shape index (κ2) is 4.96. The molecule has 1 aromatic heterocycles. The molecule has 1 unspecified atom stereocenters. The highest BCUT2D eigenvalue weighted by molar-refractivity contribution is 7.92. The van der Waals surface area contributed by atoms with Gasteiger partial charge in [-0.2, -0.15) is 8.42 Å². The number of anilines is 1. The van der Waals surface area contributed by atoms with Gasteiger partial charge in [0, 0.05) is 24.2 Å². The summed E-state index contributed by atoms with van der Waals surface area (Å²) < 4.78 is 26.8. The number of nitrogens with zero attached hydrogens (tertiary/aromatic N) is 2. The van der Waals surface area contributed by atoms with Gasteiger partial charge in [0.1, 0.15) is 0 Å². The molecule has 2 heterocycles. The molecule has 0 aliphatic carbocycles. The Morgan fingerprint density at radius 1 is 1.14 bits per heavy atom. The molecule has 1 aromatic carbocycles. The average molecular weight is 302 g/mol.